The summed E-state index contributed by atoms with van der Waals surface area (Å²) in [6.45, 7) is 1.09. The van der Waals surface area contributed by atoms with Crippen molar-refractivity contribution in [2.45, 2.75) is 19.3 Å². The van der Waals surface area contributed by atoms with Crippen molar-refractivity contribution < 1.29 is 14.2 Å². The molecule has 0 spiro atoms. The number of rotatable bonds is 8. The lowest BCUT2D eigenvalue weighted by atomic mass is 10.1. The number of hydrogen-bond donors (Lipinski definition) is 2. The van der Waals surface area contributed by atoms with E-state index in [0.29, 0.717) is 29.4 Å². The summed E-state index contributed by atoms with van der Waals surface area (Å²) in [6, 6.07) is 21.6. The number of aliphatic hydroxyl groups is 1. The molecular weight excluding hydrogens is 365 g/mol. The Balaban J connectivity index is 1.53. The Hall–Kier alpha value is -2.40. The van der Waals surface area contributed by atoms with Gasteiger partial charge in [0, 0.05) is 18.7 Å². The Morgan fingerprint density at radius 2 is 1.78 bits per heavy atom. The molecule has 0 radical (unpaired) electrons. The van der Waals surface area contributed by atoms with E-state index in [-0.39, 0.29) is 12.4 Å². The van der Waals surface area contributed by atoms with Crippen LogP contribution in [0.2, 0.25) is 5.02 Å². The molecule has 5 heteroatoms. The summed E-state index contributed by atoms with van der Waals surface area (Å²) in [5, 5.41) is 13.8. The Labute approximate surface area is 163 Å². The van der Waals surface area contributed by atoms with Crippen molar-refractivity contribution in [2.24, 2.45) is 0 Å². The molecule has 0 heterocycles. The lowest BCUT2D eigenvalue weighted by Gasteiger charge is -2.13. The van der Waals surface area contributed by atoms with E-state index in [9.17, 15) is 9.50 Å². The van der Waals surface area contributed by atoms with Gasteiger partial charge in [0.15, 0.2) is 0 Å². The second-order valence-corrected chi connectivity index (χ2v) is 6.60. The normalized spacial score (nSPS) is 12.0. The van der Waals surface area contributed by atoms with Crippen LogP contribution >= 0.6 is 11.6 Å². The molecule has 0 aliphatic carbocycles. The monoisotopic (exact) mass is 385 g/mol. The second-order valence-electron chi connectivity index (χ2n) is 6.19. The summed E-state index contributed by atoms with van der Waals surface area (Å²) in [4.78, 5) is 0. The summed E-state index contributed by atoms with van der Waals surface area (Å²) in [7, 11) is 0. The van der Waals surface area contributed by atoms with Gasteiger partial charge >= 0.3 is 0 Å². The Bertz CT molecular complexity index is 853. The van der Waals surface area contributed by atoms with Gasteiger partial charge in [-0.3, -0.25) is 0 Å². The van der Waals surface area contributed by atoms with Gasteiger partial charge in [-0.05, 0) is 35.4 Å². The van der Waals surface area contributed by atoms with Crippen LogP contribution < -0.4 is 10.1 Å². The summed E-state index contributed by atoms with van der Waals surface area (Å²) in [5.41, 5.74) is 2.23. The zero-order chi connectivity index (χ0) is 19.1. The third-order valence-corrected chi connectivity index (χ3v) is 4.55. The van der Waals surface area contributed by atoms with Crippen molar-refractivity contribution in [1.82, 2.24) is 5.32 Å². The van der Waals surface area contributed by atoms with E-state index >= 15 is 0 Å². The topological polar surface area (TPSA) is 41.5 Å². The van der Waals surface area contributed by atoms with E-state index < -0.39 is 6.10 Å². The van der Waals surface area contributed by atoms with Crippen molar-refractivity contribution in [3.8, 4) is 5.75 Å². The minimum absolute atomic E-state index is 0.0646. The fourth-order valence-electron chi connectivity index (χ4n) is 2.72. The first-order valence-corrected chi connectivity index (χ1v) is 9.09. The minimum Gasteiger partial charge on any atom is -0.489 e. The van der Waals surface area contributed by atoms with Crippen LogP contribution in [0.3, 0.4) is 0 Å². The number of halogens is 2. The zero-order valence-electron chi connectivity index (χ0n) is 14.7. The summed E-state index contributed by atoms with van der Waals surface area (Å²) in [5.74, 6) is 0.257. The number of aliphatic hydroxyl groups excluding tert-OH is 1. The van der Waals surface area contributed by atoms with Gasteiger partial charge in [-0.2, -0.15) is 0 Å². The first kappa shape index (κ1) is 19.4. The van der Waals surface area contributed by atoms with Crippen LogP contribution in [-0.2, 0) is 13.2 Å². The third kappa shape index (κ3) is 5.54. The van der Waals surface area contributed by atoms with E-state index in [0.717, 1.165) is 11.1 Å². The maximum absolute atomic E-state index is 13.8. The van der Waals surface area contributed by atoms with Gasteiger partial charge in [-0.15, -0.1) is 0 Å². The minimum atomic E-state index is -0.561. The van der Waals surface area contributed by atoms with E-state index in [4.69, 9.17) is 16.3 Å². The van der Waals surface area contributed by atoms with Crippen LogP contribution in [0.4, 0.5) is 4.39 Å². The molecule has 1 atom stereocenters. The first-order chi connectivity index (χ1) is 13.1. The number of nitrogens with one attached hydrogen (secondary N) is 1. The van der Waals surface area contributed by atoms with Crippen LogP contribution in [0.1, 0.15) is 22.8 Å². The van der Waals surface area contributed by atoms with Gasteiger partial charge < -0.3 is 15.2 Å². The van der Waals surface area contributed by atoms with E-state index in [1.807, 2.05) is 54.6 Å². The quantitative estimate of drug-likeness (QED) is 0.580. The molecule has 0 aliphatic heterocycles. The molecule has 2 N–H and O–H groups in total. The highest BCUT2D eigenvalue weighted by atomic mass is 35.5. The molecule has 3 aromatic carbocycles. The average Bonchev–Trinajstić information content (AvgIpc) is 2.68. The second kappa shape index (κ2) is 9.51. The van der Waals surface area contributed by atoms with Crippen LogP contribution in [-0.4, -0.2) is 11.7 Å². The summed E-state index contributed by atoms with van der Waals surface area (Å²) in [6.07, 6.45) is -0.561. The molecule has 0 amide bonds. The van der Waals surface area contributed by atoms with Crippen LogP contribution in [0, 0.1) is 5.82 Å². The molecule has 0 aromatic heterocycles. The molecule has 3 rings (SSSR count). The predicted molar refractivity (Wildman–Crippen MR) is 105 cm³/mol. The van der Waals surface area contributed by atoms with Crippen molar-refractivity contribution >= 4 is 11.6 Å². The molecule has 0 fully saturated rings. The molecule has 3 aromatic rings. The molecule has 27 heavy (non-hydrogen) atoms. The molecule has 0 saturated carbocycles. The van der Waals surface area contributed by atoms with Gasteiger partial charge in [-0.25, -0.2) is 4.39 Å². The van der Waals surface area contributed by atoms with Gasteiger partial charge in [-0.1, -0.05) is 60.1 Å². The van der Waals surface area contributed by atoms with Crippen molar-refractivity contribution in [2.75, 3.05) is 6.54 Å². The Morgan fingerprint density at radius 3 is 2.56 bits per heavy atom. The lowest BCUT2D eigenvalue weighted by molar-refractivity contribution is 0.174. The number of hydrogen-bond acceptors (Lipinski definition) is 3. The van der Waals surface area contributed by atoms with E-state index in [1.54, 1.807) is 12.1 Å². The van der Waals surface area contributed by atoms with Crippen molar-refractivity contribution in [3.05, 3.63) is 100 Å². The van der Waals surface area contributed by atoms with Crippen LogP contribution in [0.5, 0.6) is 5.75 Å². The highest BCUT2D eigenvalue weighted by Gasteiger charge is 2.09. The third-order valence-electron chi connectivity index (χ3n) is 4.19. The fourth-order valence-corrected chi connectivity index (χ4v) is 2.93. The molecule has 140 valence electrons. The smallest absolute Gasteiger partial charge is 0.131 e. The average molecular weight is 386 g/mol. The fraction of sp³-hybridized carbons (Fsp3) is 0.182. The standard InChI is InChI=1S/C22H21ClFNO2/c23-20-10-5-11-21(24)19(20)15-27-18-9-4-6-16(12-18)13-25-14-22(26)17-7-2-1-3-8-17/h1-12,22,25-26H,13-15H2/t22-/m0/s1. The molecular formula is C22H21ClFNO2. The molecule has 0 unspecified atom stereocenters. The van der Waals surface area contributed by atoms with E-state index in [1.165, 1.54) is 6.07 Å². The highest BCUT2D eigenvalue weighted by Crippen LogP contribution is 2.22. The highest BCUT2D eigenvalue weighted by molar-refractivity contribution is 6.31. The van der Waals surface area contributed by atoms with Crippen LogP contribution in [0.25, 0.3) is 0 Å². The molecule has 3 nitrogen and oxygen atoms in total. The molecule has 0 aliphatic rings. The Kier molecular flexibility index (Phi) is 6.82. The lowest BCUT2D eigenvalue weighted by Crippen LogP contribution is -2.21. The zero-order valence-corrected chi connectivity index (χ0v) is 15.5. The van der Waals surface area contributed by atoms with Gasteiger partial charge in [0.25, 0.3) is 0 Å². The summed E-state index contributed by atoms with van der Waals surface area (Å²) >= 11 is 6.02. The van der Waals surface area contributed by atoms with E-state index in [2.05, 4.69) is 5.32 Å². The first-order valence-electron chi connectivity index (χ1n) is 8.72. The van der Waals surface area contributed by atoms with Gasteiger partial charge in [0.1, 0.15) is 18.2 Å². The maximum atomic E-state index is 13.8. The predicted octanol–water partition coefficient (Wildman–Crippen LogP) is 4.88. The Morgan fingerprint density at radius 1 is 1.00 bits per heavy atom. The number of benzene rings is 3. The van der Waals surface area contributed by atoms with Crippen LogP contribution in [0.15, 0.2) is 72.8 Å². The SMILES string of the molecule is O[C@@H](CNCc1cccc(OCc2c(F)cccc2Cl)c1)c1ccccc1. The van der Waals surface area contributed by atoms with Crippen molar-refractivity contribution in [1.29, 1.82) is 0 Å². The molecule has 0 bridgehead atoms. The van der Waals surface area contributed by atoms with Gasteiger partial charge in [0.05, 0.1) is 11.1 Å². The largest absolute Gasteiger partial charge is 0.489 e. The maximum Gasteiger partial charge on any atom is 0.131 e. The van der Waals surface area contributed by atoms with Gasteiger partial charge in [0.2, 0.25) is 0 Å². The molecule has 0 saturated heterocycles. The summed E-state index contributed by atoms with van der Waals surface area (Å²) < 4.78 is 19.5. The number of ether oxygens (including phenoxy) is 1. The van der Waals surface area contributed by atoms with Crippen molar-refractivity contribution in [3.63, 3.8) is 0 Å².